The summed E-state index contributed by atoms with van der Waals surface area (Å²) in [6.45, 7) is 0.0445. The van der Waals surface area contributed by atoms with Crippen LogP contribution in [0.2, 0.25) is 0 Å². The van der Waals surface area contributed by atoms with Gasteiger partial charge in [-0.15, -0.1) is 0 Å². The Bertz CT molecular complexity index is 1070. The maximum Gasteiger partial charge on any atom is 0.255 e. The third-order valence-corrected chi connectivity index (χ3v) is 4.03. The first-order chi connectivity index (χ1) is 13.6. The van der Waals surface area contributed by atoms with Crippen LogP contribution in [0.1, 0.15) is 31.8 Å². The maximum atomic E-state index is 13.6. The van der Waals surface area contributed by atoms with Crippen LogP contribution in [0.3, 0.4) is 0 Å². The summed E-state index contributed by atoms with van der Waals surface area (Å²) < 4.78 is 13.6. The number of carbonyl (C=O) groups is 2. The molecule has 0 aliphatic rings. The second kappa shape index (κ2) is 8.60. The first kappa shape index (κ1) is 18.8. The van der Waals surface area contributed by atoms with Crippen molar-refractivity contribution in [1.29, 1.82) is 5.26 Å². The molecule has 3 aromatic rings. The minimum Gasteiger partial charge on any atom is -0.348 e. The van der Waals surface area contributed by atoms with Gasteiger partial charge in [0, 0.05) is 28.9 Å². The number of nitriles is 1. The largest absolute Gasteiger partial charge is 0.348 e. The van der Waals surface area contributed by atoms with Crippen molar-refractivity contribution in [3.05, 3.63) is 101 Å². The lowest BCUT2D eigenvalue weighted by Crippen LogP contribution is -2.24. The number of carbonyl (C=O) groups excluding carboxylic acids is 2. The molecule has 6 heteroatoms. The van der Waals surface area contributed by atoms with Gasteiger partial charge in [-0.2, -0.15) is 5.26 Å². The van der Waals surface area contributed by atoms with E-state index < -0.39 is 17.6 Å². The van der Waals surface area contributed by atoms with Gasteiger partial charge in [0.1, 0.15) is 5.82 Å². The maximum absolute atomic E-state index is 13.6. The quantitative estimate of drug-likeness (QED) is 0.712. The Hall–Kier alpha value is -3.98. The first-order valence-corrected chi connectivity index (χ1v) is 8.50. The Morgan fingerprint density at radius 1 is 0.893 bits per heavy atom. The number of anilines is 1. The van der Waals surface area contributed by atoms with Crippen LogP contribution in [0.5, 0.6) is 0 Å². The van der Waals surface area contributed by atoms with E-state index in [9.17, 15) is 14.0 Å². The summed E-state index contributed by atoms with van der Waals surface area (Å²) in [7, 11) is 0. The number of rotatable bonds is 5. The van der Waals surface area contributed by atoms with E-state index in [-0.39, 0.29) is 12.1 Å². The highest BCUT2D eigenvalue weighted by atomic mass is 19.1. The molecule has 0 radical (unpaired) electrons. The van der Waals surface area contributed by atoms with Gasteiger partial charge in [0.2, 0.25) is 0 Å². The van der Waals surface area contributed by atoms with Crippen molar-refractivity contribution in [3.8, 4) is 6.07 Å². The molecule has 0 saturated carbocycles. The van der Waals surface area contributed by atoms with Crippen LogP contribution in [-0.2, 0) is 6.54 Å². The molecule has 28 heavy (non-hydrogen) atoms. The topological polar surface area (TPSA) is 82.0 Å². The lowest BCUT2D eigenvalue weighted by Gasteiger charge is -2.09. The fourth-order valence-electron chi connectivity index (χ4n) is 2.59. The monoisotopic (exact) mass is 373 g/mol. The molecule has 0 aromatic heterocycles. The number of nitrogens with zero attached hydrogens (tertiary/aromatic N) is 1. The van der Waals surface area contributed by atoms with E-state index in [1.807, 2.05) is 6.07 Å². The van der Waals surface area contributed by atoms with Crippen LogP contribution in [0.15, 0.2) is 72.8 Å². The summed E-state index contributed by atoms with van der Waals surface area (Å²) in [4.78, 5) is 24.8. The molecular formula is C22H16FN3O2. The lowest BCUT2D eigenvalue weighted by molar-refractivity contribution is 0.0950. The van der Waals surface area contributed by atoms with E-state index in [1.165, 1.54) is 12.1 Å². The van der Waals surface area contributed by atoms with Crippen LogP contribution < -0.4 is 10.6 Å². The second-order valence-electron chi connectivity index (χ2n) is 6.00. The van der Waals surface area contributed by atoms with Gasteiger partial charge in [-0.05, 0) is 42.5 Å². The summed E-state index contributed by atoms with van der Waals surface area (Å²) in [5.74, 6) is -1.21. The fourth-order valence-corrected chi connectivity index (χ4v) is 2.59. The number of nitrogens with one attached hydrogen (secondary N) is 2. The standard InChI is InChI=1S/C22H16FN3O2/c23-20-10-2-1-6-18(20)14-25-21(27)16-7-4-8-17(12-16)22(28)26-19-9-3-5-15(11-19)13-24/h1-12H,14H2,(H,25,27)(H,26,28). The van der Waals surface area contributed by atoms with Crippen LogP contribution in [0.25, 0.3) is 0 Å². The van der Waals surface area contributed by atoms with E-state index in [2.05, 4.69) is 10.6 Å². The second-order valence-corrected chi connectivity index (χ2v) is 6.00. The predicted octanol–water partition coefficient (Wildman–Crippen LogP) is 3.88. The molecule has 2 amide bonds. The van der Waals surface area contributed by atoms with Gasteiger partial charge in [0.05, 0.1) is 11.6 Å². The molecular weight excluding hydrogens is 357 g/mol. The summed E-state index contributed by atoms with van der Waals surface area (Å²) >= 11 is 0. The number of hydrogen-bond acceptors (Lipinski definition) is 3. The molecule has 0 saturated heterocycles. The summed E-state index contributed by atoms with van der Waals surface area (Å²) in [6.07, 6.45) is 0. The normalized spacial score (nSPS) is 10.0. The highest BCUT2D eigenvalue weighted by Gasteiger charge is 2.12. The molecule has 0 spiro atoms. The summed E-state index contributed by atoms with van der Waals surface area (Å²) in [5, 5.41) is 14.3. The highest BCUT2D eigenvalue weighted by molar-refractivity contribution is 6.06. The van der Waals surface area contributed by atoms with E-state index >= 15 is 0 Å². The Morgan fingerprint density at radius 3 is 2.36 bits per heavy atom. The average molecular weight is 373 g/mol. The van der Waals surface area contributed by atoms with Crippen molar-refractivity contribution in [1.82, 2.24) is 5.32 Å². The van der Waals surface area contributed by atoms with Crippen molar-refractivity contribution < 1.29 is 14.0 Å². The van der Waals surface area contributed by atoms with Crippen LogP contribution >= 0.6 is 0 Å². The fraction of sp³-hybridized carbons (Fsp3) is 0.0455. The van der Waals surface area contributed by atoms with E-state index in [4.69, 9.17) is 5.26 Å². The molecule has 138 valence electrons. The number of hydrogen-bond donors (Lipinski definition) is 2. The summed E-state index contributed by atoms with van der Waals surface area (Å²) in [5.41, 5.74) is 1.87. The van der Waals surface area contributed by atoms with Gasteiger partial charge < -0.3 is 10.6 Å². The third kappa shape index (κ3) is 4.59. The lowest BCUT2D eigenvalue weighted by atomic mass is 10.1. The van der Waals surface area contributed by atoms with Gasteiger partial charge in [-0.3, -0.25) is 9.59 Å². The molecule has 0 atom stereocenters. The van der Waals surface area contributed by atoms with E-state index in [0.717, 1.165) is 0 Å². The van der Waals surface area contributed by atoms with Crippen LogP contribution in [0.4, 0.5) is 10.1 Å². The zero-order chi connectivity index (χ0) is 19.9. The average Bonchev–Trinajstić information content (AvgIpc) is 2.73. The van der Waals surface area contributed by atoms with Crippen molar-refractivity contribution in [2.45, 2.75) is 6.54 Å². The molecule has 0 aliphatic carbocycles. The Kier molecular flexibility index (Phi) is 5.78. The molecule has 0 aliphatic heterocycles. The molecule has 0 unspecified atom stereocenters. The number of benzene rings is 3. The van der Waals surface area contributed by atoms with Crippen molar-refractivity contribution in [2.24, 2.45) is 0 Å². The Labute approximate surface area is 161 Å². The molecule has 0 fully saturated rings. The number of amides is 2. The zero-order valence-electron chi connectivity index (χ0n) is 14.8. The summed E-state index contributed by atoms with van der Waals surface area (Å²) in [6, 6.07) is 20.9. The molecule has 3 aromatic carbocycles. The van der Waals surface area contributed by atoms with Crippen LogP contribution in [0, 0.1) is 17.1 Å². The van der Waals surface area contributed by atoms with Crippen LogP contribution in [-0.4, -0.2) is 11.8 Å². The Balaban J connectivity index is 1.69. The minimum atomic E-state index is -0.413. The SMILES string of the molecule is N#Cc1cccc(NC(=O)c2cccc(C(=O)NCc3ccccc3F)c2)c1. The van der Waals surface area contributed by atoms with Gasteiger partial charge in [0.15, 0.2) is 0 Å². The highest BCUT2D eigenvalue weighted by Crippen LogP contribution is 2.13. The minimum absolute atomic E-state index is 0.0445. The third-order valence-electron chi connectivity index (χ3n) is 4.03. The molecule has 0 bridgehead atoms. The van der Waals surface area contributed by atoms with Crippen molar-refractivity contribution in [2.75, 3.05) is 5.32 Å². The van der Waals surface area contributed by atoms with Gasteiger partial charge in [-0.1, -0.05) is 30.3 Å². The van der Waals surface area contributed by atoms with E-state index in [1.54, 1.807) is 60.7 Å². The Morgan fingerprint density at radius 2 is 1.61 bits per heavy atom. The molecule has 5 nitrogen and oxygen atoms in total. The first-order valence-electron chi connectivity index (χ1n) is 8.50. The molecule has 2 N–H and O–H groups in total. The van der Waals surface area contributed by atoms with Crippen molar-refractivity contribution >= 4 is 17.5 Å². The molecule has 3 rings (SSSR count). The smallest absolute Gasteiger partial charge is 0.255 e. The van der Waals surface area contributed by atoms with Crippen molar-refractivity contribution in [3.63, 3.8) is 0 Å². The zero-order valence-corrected chi connectivity index (χ0v) is 14.8. The van der Waals surface area contributed by atoms with Gasteiger partial charge in [0.25, 0.3) is 11.8 Å². The predicted molar refractivity (Wildman–Crippen MR) is 103 cm³/mol. The number of halogens is 1. The molecule has 0 heterocycles. The van der Waals surface area contributed by atoms with Gasteiger partial charge >= 0.3 is 0 Å². The van der Waals surface area contributed by atoms with E-state index in [0.29, 0.717) is 22.4 Å². The van der Waals surface area contributed by atoms with Gasteiger partial charge in [-0.25, -0.2) is 4.39 Å².